The molecule has 0 radical (unpaired) electrons. The summed E-state index contributed by atoms with van der Waals surface area (Å²) >= 11 is 0. The molecule has 0 aliphatic heterocycles. The van der Waals surface area contributed by atoms with Crippen LogP contribution in [0.15, 0.2) is 0 Å². The van der Waals surface area contributed by atoms with E-state index in [0.29, 0.717) is 6.42 Å². The zero-order valence-corrected chi connectivity index (χ0v) is 5.82. The first kappa shape index (κ1) is 9.39. The lowest BCUT2D eigenvalue weighted by molar-refractivity contribution is -0.146. The molecule has 0 aromatic carbocycles. The summed E-state index contributed by atoms with van der Waals surface area (Å²) in [4.78, 5) is 10.2. The number of aliphatic hydroxyl groups excluding tert-OH is 1. The fraction of sp³-hybridized carbons (Fsp3) is 0.833. The Morgan fingerprint density at radius 1 is 1.50 bits per heavy atom. The third kappa shape index (κ3) is 3.42. The fourth-order valence-corrected chi connectivity index (χ4v) is 0.697. The van der Waals surface area contributed by atoms with Gasteiger partial charge in [0, 0.05) is 6.42 Å². The molecule has 1 unspecified atom stereocenters. The van der Waals surface area contributed by atoms with Crippen molar-refractivity contribution in [1.29, 1.82) is 0 Å². The minimum absolute atomic E-state index is 0.0914. The predicted molar refractivity (Wildman–Crippen MR) is 34.3 cm³/mol. The Bertz CT molecular complexity index is 110. The van der Waals surface area contributed by atoms with E-state index >= 15 is 0 Å². The van der Waals surface area contributed by atoms with E-state index in [1.54, 1.807) is 6.92 Å². The first-order valence-electron chi connectivity index (χ1n) is 3.16. The molecule has 1 atom stereocenters. The number of carboxylic acid groups (broad SMARTS) is 1. The summed E-state index contributed by atoms with van der Waals surface area (Å²) in [7, 11) is 0. The summed E-state index contributed by atoms with van der Waals surface area (Å²) in [6, 6.07) is 0. The van der Waals surface area contributed by atoms with Crippen molar-refractivity contribution in [2.75, 3.05) is 0 Å². The fourth-order valence-electron chi connectivity index (χ4n) is 0.697. The lowest BCUT2D eigenvalue weighted by atomic mass is 10.0. The second kappa shape index (κ2) is 4.24. The Morgan fingerprint density at radius 3 is 2.10 bits per heavy atom. The molecule has 0 rings (SSSR count). The van der Waals surface area contributed by atoms with Gasteiger partial charge in [0.05, 0.1) is 5.92 Å². The van der Waals surface area contributed by atoms with E-state index in [-0.39, 0.29) is 6.42 Å². The third-order valence-corrected chi connectivity index (χ3v) is 1.34. The van der Waals surface area contributed by atoms with Crippen LogP contribution in [0.4, 0.5) is 0 Å². The normalized spacial score (nSPS) is 13.6. The summed E-state index contributed by atoms with van der Waals surface area (Å²) < 4.78 is 0. The van der Waals surface area contributed by atoms with E-state index in [4.69, 9.17) is 15.3 Å². The molecule has 0 aromatic rings. The Kier molecular flexibility index (Phi) is 3.99. The molecule has 0 bridgehead atoms. The molecule has 0 aromatic heterocycles. The molecule has 4 nitrogen and oxygen atoms in total. The summed E-state index contributed by atoms with van der Waals surface area (Å²) in [6.07, 6.45) is -1.18. The molecule has 0 amide bonds. The van der Waals surface area contributed by atoms with E-state index < -0.39 is 18.2 Å². The van der Waals surface area contributed by atoms with Gasteiger partial charge in [0.15, 0.2) is 6.29 Å². The highest BCUT2D eigenvalue weighted by molar-refractivity contribution is 5.69. The first-order chi connectivity index (χ1) is 4.57. The Hall–Kier alpha value is -0.610. The van der Waals surface area contributed by atoms with Gasteiger partial charge in [0.2, 0.25) is 0 Å². The van der Waals surface area contributed by atoms with Crippen molar-refractivity contribution in [3.63, 3.8) is 0 Å². The lowest BCUT2D eigenvalue weighted by Crippen LogP contribution is -2.19. The number of hydrogen-bond donors (Lipinski definition) is 3. The second-order valence-corrected chi connectivity index (χ2v) is 2.16. The highest BCUT2D eigenvalue weighted by atomic mass is 16.5. The van der Waals surface area contributed by atoms with Crippen molar-refractivity contribution >= 4 is 5.97 Å². The van der Waals surface area contributed by atoms with Gasteiger partial charge in [0.25, 0.3) is 0 Å². The van der Waals surface area contributed by atoms with Crippen molar-refractivity contribution in [3.8, 4) is 0 Å². The Balaban J connectivity index is 3.72. The monoisotopic (exact) mass is 148 g/mol. The summed E-state index contributed by atoms with van der Waals surface area (Å²) in [5.74, 6) is -1.62. The van der Waals surface area contributed by atoms with Gasteiger partial charge in [-0.3, -0.25) is 4.79 Å². The molecule has 0 aliphatic rings. The number of hydrogen-bond acceptors (Lipinski definition) is 3. The zero-order valence-electron chi connectivity index (χ0n) is 5.82. The largest absolute Gasteiger partial charge is 0.481 e. The molecule has 0 heterocycles. The van der Waals surface area contributed by atoms with Gasteiger partial charge in [-0.1, -0.05) is 6.92 Å². The van der Waals surface area contributed by atoms with Crippen molar-refractivity contribution in [2.24, 2.45) is 5.92 Å². The number of carboxylic acids is 1. The maximum absolute atomic E-state index is 10.2. The maximum atomic E-state index is 10.2. The average Bonchev–Trinajstić information content (AvgIpc) is 1.81. The first-order valence-corrected chi connectivity index (χ1v) is 3.16. The molecule has 0 fully saturated rings. The van der Waals surface area contributed by atoms with Gasteiger partial charge in [-0.15, -0.1) is 0 Å². The summed E-state index contributed by atoms with van der Waals surface area (Å²) in [6.45, 7) is 1.70. The van der Waals surface area contributed by atoms with Crippen LogP contribution >= 0.6 is 0 Å². The van der Waals surface area contributed by atoms with E-state index in [1.165, 1.54) is 0 Å². The van der Waals surface area contributed by atoms with Crippen molar-refractivity contribution < 1.29 is 20.1 Å². The zero-order chi connectivity index (χ0) is 8.15. The van der Waals surface area contributed by atoms with Crippen molar-refractivity contribution in [3.05, 3.63) is 0 Å². The summed E-state index contributed by atoms with van der Waals surface area (Å²) in [5.41, 5.74) is 0. The molecule has 3 N–H and O–H groups in total. The Morgan fingerprint density at radius 2 is 2.00 bits per heavy atom. The maximum Gasteiger partial charge on any atom is 0.306 e. The van der Waals surface area contributed by atoms with Crippen LogP contribution in [0.25, 0.3) is 0 Å². The van der Waals surface area contributed by atoms with Crippen LogP contribution in [0.5, 0.6) is 0 Å². The molecular weight excluding hydrogens is 136 g/mol. The SMILES string of the molecule is CCC(CC(O)O)C(=O)O. The van der Waals surface area contributed by atoms with Crippen LogP contribution in [0, 0.1) is 5.92 Å². The number of carbonyl (C=O) groups is 1. The van der Waals surface area contributed by atoms with Gasteiger partial charge >= 0.3 is 5.97 Å². The lowest BCUT2D eigenvalue weighted by Gasteiger charge is -2.09. The smallest absolute Gasteiger partial charge is 0.306 e. The van der Waals surface area contributed by atoms with Crippen LogP contribution in [0.3, 0.4) is 0 Å². The molecule has 0 saturated heterocycles. The molecular formula is C6H12O4. The third-order valence-electron chi connectivity index (χ3n) is 1.34. The summed E-state index contributed by atoms with van der Waals surface area (Å²) in [5, 5.41) is 25.2. The van der Waals surface area contributed by atoms with E-state index in [0.717, 1.165) is 0 Å². The standard InChI is InChI=1S/C6H12O4/c1-2-4(6(9)10)3-5(7)8/h4-5,7-8H,2-3H2,1H3,(H,9,10). The topological polar surface area (TPSA) is 77.8 Å². The second-order valence-electron chi connectivity index (χ2n) is 2.16. The van der Waals surface area contributed by atoms with E-state index in [9.17, 15) is 4.79 Å². The quantitative estimate of drug-likeness (QED) is 0.482. The van der Waals surface area contributed by atoms with E-state index in [1.807, 2.05) is 0 Å². The molecule has 0 spiro atoms. The van der Waals surface area contributed by atoms with Crippen LogP contribution in [-0.4, -0.2) is 27.6 Å². The van der Waals surface area contributed by atoms with Crippen molar-refractivity contribution in [2.45, 2.75) is 26.1 Å². The molecule has 60 valence electrons. The van der Waals surface area contributed by atoms with Crippen LogP contribution in [0.2, 0.25) is 0 Å². The molecule has 0 saturated carbocycles. The highest BCUT2D eigenvalue weighted by Crippen LogP contribution is 2.09. The molecule has 10 heavy (non-hydrogen) atoms. The van der Waals surface area contributed by atoms with Gasteiger partial charge in [-0.25, -0.2) is 0 Å². The van der Waals surface area contributed by atoms with Gasteiger partial charge < -0.3 is 15.3 Å². The van der Waals surface area contributed by atoms with Gasteiger partial charge in [-0.05, 0) is 6.42 Å². The highest BCUT2D eigenvalue weighted by Gasteiger charge is 2.17. The van der Waals surface area contributed by atoms with E-state index in [2.05, 4.69) is 0 Å². The van der Waals surface area contributed by atoms with Gasteiger partial charge in [-0.2, -0.15) is 0 Å². The van der Waals surface area contributed by atoms with Crippen molar-refractivity contribution in [1.82, 2.24) is 0 Å². The number of aliphatic carboxylic acids is 1. The number of aliphatic hydroxyl groups is 2. The molecule has 4 heteroatoms. The Labute approximate surface area is 59.1 Å². The molecule has 0 aliphatic carbocycles. The van der Waals surface area contributed by atoms with Crippen LogP contribution in [-0.2, 0) is 4.79 Å². The predicted octanol–water partition coefficient (Wildman–Crippen LogP) is -0.202. The minimum atomic E-state index is -1.51. The number of rotatable bonds is 4. The van der Waals surface area contributed by atoms with Gasteiger partial charge in [0.1, 0.15) is 0 Å². The minimum Gasteiger partial charge on any atom is -0.481 e. The average molecular weight is 148 g/mol. The van der Waals surface area contributed by atoms with Crippen LogP contribution in [0.1, 0.15) is 19.8 Å². The van der Waals surface area contributed by atoms with Crippen LogP contribution < -0.4 is 0 Å².